The predicted molar refractivity (Wildman–Crippen MR) is 101 cm³/mol. The molecule has 0 saturated carbocycles. The number of rotatable bonds is 3. The number of methoxy groups -OCH3 is 1. The van der Waals surface area contributed by atoms with Gasteiger partial charge in [0.1, 0.15) is 6.04 Å². The van der Waals surface area contributed by atoms with Gasteiger partial charge in [-0.2, -0.15) is 0 Å². The second kappa shape index (κ2) is 7.32. The number of hydrogen-bond acceptors (Lipinski definition) is 3. The molecule has 1 heterocycles. The van der Waals surface area contributed by atoms with Crippen molar-refractivity contribution in [3.8, 4) is 0 Å². The quantitative estimate of drug-likeness (QED) is 0.781. The molecule has 3 rings (SSSR count). The van der Waals surface area contributed by atoms with Gasteiger partial charge in [0.05, 0.1) is 13.2 Å². The normalized spacial score (nSPS) is 19.5. The smallest absolute Gasteiger partial charge is 0.328 e. The number of benzene rings is 2. The lowest BCUT2D eigenvalue weighted by molar-refractivity contribution is -0.145. The number of carbonyl (C=O) groups excluding carboxylic acids is 2. The molecule has 1 aliphatic rings. The van der Waals surface area contributed by atoms with Crippen LogP contribution in [-0.4, -0.2) is 29.9 Å². The maximum atomic E-state index is 13.3. The number of hydrogen-bond donors (Lipinski definition) is 0. The first kappa shape index (κ1) is 18.2. The van der Waals surface area contributed by atoms with E-state index < -0.39 is 6.04 Å². The minimum atomic E-state index is -0.544. The fourth-order valence-electron chi connectivity index (χ4n) is 4.19. The van der Waals surface area contributed by atoms with E-state index in [1.54, 1.807) is 17.0 Å². The second-order valence-electron chi connectivity index (χ2n) is 7.02. The molecular formula is C22H25NO3. The van der Waals surface area contributed by atoms with E-state index in [9.17, 15) is 9.59 Å². The van der Waals surface area contributed by atoms with E-state index in [1.165, 1.54) is 12.7 Å². The SMILES string of the molecule is COC(=O)[C@@H]1CC[C@H](c2c(C)cc(C)cc2C)N1C(=O)c1ccccc1. The third kappa shape index (κ3) is 3.24. The summed E-state index contributed by atoms with van der Waals surface area (Å²) in [5, 5.41) is 0. The van der Waals surface area contributed by atoms with Gasteiger partial charge >= 0.3 is 5.97 Å². The van der Waals surface area contributed by atoms with E-state index in [0.717, 1.165) is 23.1 Å². The van der Waals surface area contributed by atoms with Crippen molar-refractivity contribution in [2.75, 3.05) is 7.11 Å². The Labute approximate surface area is 154 Å². The van der Waals surface area contributed by atoms with Gasteiger partial charge in [-0.1, -0.05) is 35.9 Å². The van der Waals surface area contributed by atoms with Crippen LogP contribution < -0.4 is 0 Å². The first-order chi connectivity index (χ1) is 12.4. The Hall–Kier alpha value is -2.62. The maximum Gasteiger partial charge on any atom is 0.328 e. The molecule has 0 unspecified atom stereocenters. The van der Waals surface area contributed by atoms with Gasteiger partial charge in [0.15, 0.2) is 0 Å². The van der Waals surface area contributed by atoms with Gasteiger partial charge in [-0.3, -0.25) is 4.79 Å². The van der Waals surface area contributed by atoms with Crippen LogP contribution in [0, 0.1) is 20.8 Å². The maximum absolute atomic E-state index is 13.3. The topological polar surface area (TPSA) is 46.6 Å². The molecule has 0 radical (unpaired) electrons. The standard InChI is InChI=1S/C22H25NO3/c1-14-12-15(2)20(16(3)13-14)18-10-11-19(22(25)26-4)23(18)21(24)17-8-6-5-7-9-17/h5-9,12-13,18-19H,10-11H2,1-4H3/t18-,19+/m1/s1. The van der Waals surface area contributed by atoms with E-state index in [2.05, 4.69) is 32.9 Å². The number of nitrogens with zero attached hydrogens (tertiary/aromatic N) is 1. The molecule has 4 nitrogen and oxygen atoms in total. The van der Waals surface area contributed by atoms with E-state index in [-0.39, 0.29) is 17.9 Å². The molecule has 1 amide bonds. The summed E-state index contributed by atoms with van der Waals surface area (Å²) in [6, 6.07) is 12.8. The first-order valence-corrected chi connectivity index (χ1v) is 8.97. The lowest BCUT2D eigenvalue weighted by Crippen LogP contribution is -2.42. The van der Waals surface area contributed by atoms with Gasteiger partial charge in [0, 0.05) is 5.56 Å². The third-order valence-corrected chi connectivity index (χ3v) is 5.18. The van der Waals surface area contributed by atoms with Gasteiger partial charge in [0.25, 0.3) is 5.91 Å². The van der Waals surface area contributed by atoms with E-state index in [1.807, 2.05) is 18.2 Å². The van der Waals surface area contributed by atoms with Crippen molar-refractivity contribution in [3.63, 3.8) is 0 Å². The van der Waals surface area contributed by atoms with Crippen molar-refractivity contribution in [1.29, 1.82) is 0 Å². The van der Waals surface area contributed by atoms with Crippen molar-refractivity contribution in [2.45, 2.75) is 45.7 Å². The third-order valence-electron chi connectivity index (χ3n) is 5.18. The van der Waals surface area contributed by atoms with Crippen molar-refractivity contribution in [3.05, 3.63) is 70.3 Å². The Morgan fingerprint density at radius 3 is 2.19 bits per heavy atom. The van der Waals surface area contributed by atoms with Crippen LogP contribution in [0.25, 0.3) is 0 Å². The molecule has 1 fully saturated rings. The van der Waals surface area contributed by atoms with Crippen molar-refractivity contribution in [1.82, 2.24) is 4.90 Å². The summed E-state index contributed by atoms with van der Waals surface area (Å²) in [5.41, 5.74) is 5.25. The largest absolute Gasteiger partial charge is 0.467 e. The highest BCUT2D eigenvalue weighted by Gasteiger charge is 2.43. The fourth-order valence-corrected chi connectivity index (χ4v) is 4.19. The van der Waals surface area contributed by atoms with Gasteiger partial charge in [-0.25, -0.2) is 4.79 Å². The molecule has 2 aromatic rings. The lowest BCUT2D eigenvalue weighted by Gasteiger charge is -2.31. The number of amides is 1. The summed E-state index contributed by atoms with van der Waals surface area (Å²) >= 11 is 0. The molecule has 2 atom stereocenters. The van der Waals surface area contributed by atoms with E-state index >= 15 is 0 Å². The van der Waals surface area contributed by atoms with Crippen LogP contribution in [0.3, 0.4) is 0 Å². The molecule has 0 spiro atoms. The monoisotopic (exact) mass is 351 g/mol. The van der Waals surface area contributed by atoms with Crippen LogP contribution in [0.2, 0.25) is 0 Å². The van der Waals surface area contributed by atoms with Crippen LogP contribution in [0.1, 0.15) is 51.5 Å². The average molecular weight is 351 g/mol. The van der Waals surface area contributed by atoms with Crippen LogP contribution >= 0.6 is 0 Å². The molecule has 1 aliphatic heterocycles. The van der Waals surface area contributed by atoms with Crippen molar-refractivity contribution >= 4 is 11.9 Å². The van der Waals surface area contributed by atoms with Gasteiger partial charge in [-0.05, 0) is 62.4 Å². The zero-order valence-corrected chi connectivity index (χ0v) is 15.8. The zero-order valence-electron chi connectivity index (χ0n) is 15.8. The summed E-state index contributed by atoms with van der Waals surface area (Å²) in [6.45, 7) is 6.22. The molecule has 0 aromatic heterocycles. The highest BCUT2D eigenvalue weighted by Crippen LogP contribution is 2.40. The summed E-state index contributed by atoms with van der Waals surface area (Å²) < 4.78 is 4.98. The summed E-state index contributed by atoms with van der Waals surface area (Å²) in [4.78, 5) is 27.3. The Morgan fingerprint density at radius 2 is 1.62 bits per heavy atom. The Kier molecular flexibility index (Phi) is 5.12. The minimum Gasteiger partial charge on any atom is -0.467 e. The Morgan fingerprint density at radius 1 is 1.00 bits per heavy atom. The van der Waals surface area contributed by atoms with Crippen molar-refractivity contribution in [2.24, 2.45) is 0 Å². The molecule has 0 aliphatic carbocycles. The average Bonchev–Trinajstić information content (AvgIpc) is 3.04. The minimum absolute atomic E-state index is 0.118. The Balaban J connectivity index is 2.07. The molecule has 0 N–H and O–H groups in total. The Bertz CT molecular complexity index is 806. The number of aryl methyl sites for hydroxylation is 3. The number of ether oxygens (including phenoxy) is 1. The van der Waals surface area contributed by atoms with Crippen LogP contribution in [-0.2, 0) is 9.53 Å². The predicted octanol–water partition coefficient (Wildman–Crippen LogP) is 4.13. The molecule has 0 bridgehead atoms. The van der Waals surface area contributed by atoms with Gasteiger partial charge in [-0.15, -0.1) is 0 Å². The molecule has 4 heteroatoms. The van der Waals surface area contributed by atoms with Crippen LogP contribution in [0.15, 0.2) is 42.5 Å². The lowest BCUT2D eigenvalue weighted by atomic mass is 9.92. The summed E-state index contributed by atoms with van der Waals surface area (Å²) in [5.74, 6) is -0.470. The summed E-state index contributed by atoms with van der Waals surface area (Å²) in [6.07, 6.45) is 1.37. The highest BCUT2D eigenvalue weighted by molar-refractivity contribution is 5.97. The summed E-state index contributed by atoms with van der Waals surface area (Å²) in [7, 11) is 1.38. The molecule has 2 aromatic carbocycles. The van der Waals surface area contributed by atoms with Crippen molar-refractivity contribution < 1.29 is 14.3 Å². The zero-order chi connectivity index (χ0) is 18.8. The molecular weight excluding hydrogens is 326 g/mol. The number of likely N-dealkylation sites (tertiary alicyclic amines) is 1. The number of carbonyl (C=O) groups is 2. The highest BCUT2D eigenvalue weighted by atomic mass is 16.5. The fraction of sp³-hybridized carbons (Fsp3) is 0.364. The molecule has 26 heavy (non-hydrogen) atoms. The first-order valence-electron chi connectivity index (χ1n) is 8.97. The second-order valence-corrected chi connectivity index (χ2v) is 7.02. The molecule has 136 valence electrons. The van der Waals surface area contributed by atoms with Crippen LogP contribution in [0.5, 0.6) is 0 Å². The van der Waals surface area contributed by atoms with Gasteiger partial charge < -0.3 is 9.64 Å². The number of esters is 1. The van der Waals surface area contributed by atoms with Crippen LogP contribution in [0.4, 0.5) is 0 Å². The van der Waals surface area contributed by atoms with Gasteiger partial charge in [0.2, 0.25) is 0 Å². The van der Waals surface area contributed by atoms with E-state index in [4.69, 9.17) is 4.74 Å². The van der Waals surface area contributed by atoms with E-state index in [0.29, 0.717) is 12.0 Å². The molecule has 1 saturated heterocycles.